The maximum atomic E-state index is 11.0. The Morgan fingerprint density at radius 2 is 2.45 bits per heavy atom. The van der Waals surface area contributed by atoms with Gasteiger partial charge in [-0.2, -0.15) is 0 Å². The van der Waals surface area contributed by atoms with E-state index in [1.165, 1.54) is 7.05 Å². The maximum Gasteiger partial charge on any atom is 0.318 e. The molecule has 1 aliphatic rings. The third kappa shape index (κ3) is 1.69. The van der Waals surface area contributed by atoms with E-state index in [0.717, 1.165) is 6.42 Å². The largest absolute Gasteiger partial charge is 0.465 e. The van der Waals surface area contributed by atoms with Gasteiger partial charge in [0.15, 0.2) is 0 Å². The Morgan fingerprint density at radius 3 is 3.00 bits per heavy atom. The first-order valence-corrected chi connectivity index (χ1v) is 3.64. The van der Waals surface area contributed by atoms with Gasteiger partial charge in [-0.3, -0.25) is 9.59 Å². The summed E-state index contributed by atoms with van der Waals surface area (Å²) in [5, 5.41) is 2.43. The second-order valence-corrected chi connectivity index (χ2v) is 2.48. The highest BCUT2D eigenvalue weighted by atomic mass is 16.5. The second kappa shape index (κ2) is 3.37. The van der Waals surface area contributed by atoms with E-state index in [0.29, 0.717) is 13.0 Å². The molecule has 4 nitrogen and oxygen atoms in total. The van der Waals surface area contributed by atoms with Crippen molar-refractivity contribution in [2.24, 2.45) is 5.92 Å². The summed E-state index contributed by atoms with van der Waals surface area (Å²) in [6.45, 7) is 0.451. The second-order valence-electron chi connectivity index (χ2n) is 2.48. The number of carbonyl (C=O) groups excluding carboxylic acids is 2. The molecule has 11 heavy (non-hydrogen) atoms. The zero-order chi connectivity index (χ0) is 8.27. The highest BCUT2D eigenvalue weighted by Gasteiger charge is 2.29. The number of cyclic esters (lactones) is 1. The van der Waals surface area contributed by atoms with E-state index >= 15 is 0 Å². The third-order valence-corrected chi connectivity index (χ3v) is 1.73. The van der Waals surface area contributed by atoms with Crippen molar-refractivity contribution in [3.05, 3.63) is 0 Å². The van der Waals surface area contributed by atoms with Crippen molar-refractivity contribution < 1.29 is 14.3 Å². The van der Waals surface area contributed by atoms with Crippen molar-refractivity contribution >= 4 is 11.9 Å². The van der Waals surface area contributed by atoms with Crippen LogP contribution in [0.3, 0.4) is 0 Å². The SMILES string of the molecule is CNC(=O)[C@H]1CCCOC1=O. The lowest BCUT2D eigenvalue weighted by molar-refractivity contribution is -0.156. The van der Waals surface area contributed by atoms with Crippen LogP contribution in [0, 0.1) is 5.92 Å². The Balaban J connectivity index is 2.54. The molecule has 0 aromatic carbocycles. The van der Waals surface area contributed by atoms with Crippen LogP contribution >= 0.6 is 0 Å². The van der Waals surface area contributed by atoms with Gasteiger partial charge in [-0.25, -0.2) is 0 Å². The van der Waals surface area contributed by atoms with Crippen LogP contribution in [-0.4, -0.2) is 25.5 Å². The molecule has 1 saturated heterocycles. The van der Waals surface area contributed by atoms with Gasteiger partial charge in [0.25, 0.3) is 0 Å². The van der Waals surface area contributed by atoms with Gasteiger partial charge in [0.05, 0.1) is 6.61 Å². The summed E-state index contributed by atoms with van der Waals surface area (Å²) in [5.74, 6) is -1.21. The molecule has 0 radical (unpaired) electrons. The number of hydrogen-bond donors (Lipinski definition) is 1. The predicted octanol–water partition coefficient (Wildman–Crippen LogP) is -0.314. The Morgan fingerprint density at radius 1 is 1.73 bits per heavy atom. The molecular weight excluding hydrogens is 146 g/mol. The Bertz CT molecular complexity index is 171. The summed E-state index contributed by atoms with van der Waals surface area (Å²) < 4.78 is 4.71. The van der Waals surface area contributed by atoms with Crippen LogP contribution in [0.1, 0.15) is 12.8 Å². The van der Waals surface area contributed by atoms with E-state index in [-0.39, 0.29) is 5.91 Å². The number of esters is 1. The molecule has 1 aliphatic heterocycles. The van der Waals surface area contributed by atoms with E-state index in [2.05, 4.69) is 5.32 Å². The molecule has 1 N–H and O–H groups in total. The number of hydrogen-bond acceptors (Lipinski definition) is 3. The molecule has 0 saturated carbocycles. The number of amides is 1. The standard InChI is InChI=1S/C7H11NO3/c1-8-6(9)5-3-2-4-11-7(5)10/h5H,2-4H2,1H3,(H,8,9)/t5-/m1/s1. The average molecular weight is 157 g/mol. The molecule has 0 aromatic rings. The molecule has 1 atom stereocenters. The molecule has 1 amide bonds. The number of nitrogens with one attached hydrogen (secondary N) is 1. The lowest BCUT2D eigenvalue weighted by Crippen LogP contribution is -2.37. The molecule has 4 heteroatoms. The topological polar surface area (TPSA) is 55.4 Å². The Hall–Kier alpha value is -1.06. The van der Waals surface area contributed by atoms with Gasteiger partial charge in [0.1, 0.15) is 5.92 Å². The van der Waals surface area contributed by atoms with E-state index < -0.39 is 11.9 Å². The van der Waals surface area contributed by atoms with Crippen molar-refractivity contribution in [2.75, 3.05) is 13.7 Å². The number of carbonyl (C=O) groups is 2. The van der Waals surface area contributed by atoms with E-state index in [9.17, 15) is 9.59 Å². The monoisotopic (exact) mass is 157 g/mol. The normalized spacial score (nSPS) is 24.1. The van der Waals surface area contributed by atoms with Crippen LogP contribution in [-0.2, 0) is 14.3 Å². The molecule has 0 unspecified atom stereocenters. The molecule has 0 spiro atoms. The average Bonchev–Trinajstić information content (AvgIpc) is 2.04. The minimum atomic E-state index is -0.575. The smallest absolute Gasteiger partial charge is 0.318 e. The fourth-order valence-electron chi connectivity index (χ4n) is 1.09. The maximum absolute atomic E-state index is 11.0. The first-order chi connectivity index (χ1) is 5.25. The van der Waals surface area contributed by atoms with Crippen molar-refractivity contribution in [2.45, 2.75) is 12.8 Å². The summed E-state index contributed by atoms with van der Waals surface area (Å²) in [6.07, 6.45) is 1.39. The zero-order valence-corrected chi connectivity index (χ0v) is 6.42. The van der Waals surface area contributed by atoms with Crippen LogP contribution in [0.15, 0.2) is 0 Å². The summed E-state index contributed by atoms with van der Waals surface area (Å²) in [6, 6.07) is 0. The van der Waals surface area contributed by atoms with Crippen LogP contribution < -0.4 is 5.32 Å². The van der Waals surface area contributed by atoms with Gasteiger partial charge in [-0.05, 0) is 12.8 Å². The van der Waals surface area contributed by atoms with Crippen LogP contribution in [0.4, 0.5) is 0 Å². The van der Waals surface area contributed by atoms with E-state index in [4.69, 9.17) is 4.74 Å². The number of rotatable bonds is 1. The van der Waals surface area contributed by atoms with Gasteiger partial charge in [-0.1, -0.05) is 0 Å². The van der Waals surface area contributed by atoms with E-state index in [1.54, 1.807) is 0 Å². The molecule has 62 valence electrons. The van der Waals surface area contributed by atoms with Crippen LogP contribution in [0.2, 0.25) is 0 Å². The van der Waals surface area contributed by atoms with Gasteiger partial charge in [0.2, 0.25) is 5.91 Å². The predicted molar refractivity (Wildman–Crippen MR) is 37.7 cm³/mol. The lowest BCUT2D eigenvalue weighted by atomic mass is 10.0. The molecule has 0 aliphatic carbocycles. The summed E-state index contributed by atoms with van der Waals surface area (Å²) in [4.78, 5) is 21.9. The number of ether oxygens (including phenoxy) is 1. The molecule has 1 fully saturated rings. The molecular formula is C7H11NO3. The fourth-order valence-corrected chi connectivity index (χ4v) is 1.09. The van der Waals surface area contributed by atoms with Crippen molar-refractivity contribution in [3.63, 3.8) is 0 Å². The zero-order valence-electron chi connectivity index (χ0n) is 6.42. The minimum absolute atomic E-state index is 0.241. The Kier molecular flexibility index (Phi) is 2.46. The first kappa shape index (κ1) is 8.04. The summed E-state index contributed by atoms with van der Waals surface area (Å²) in [5.41, 5.74) is 0. The van der Waals surface area contributed by atoms with Crippen LogP contribution in [0.5, 0.6) is 0 Å². The Labute approximate surface area is 64.9 Å². The summed E-state index contributed by atoms with van der Waals surface area (Å²) >= 11 is 0. The van der Waals surface area contributed by atoms with Gasteiger partial charge >= 0.3 is 5.97 Å². The van der Waals surface area contributed by atoms with Crippen molar-refractivity contribution in [1.29, 1.82) is 0 Å². The first-order valence-electron chi connectivity index (χ1n) is 3.64. The molecule has 0 aromatic heterocycles. The van der Waals surface area contributed by atoms with Gasteiger partial charge < -0.3 is 10.1 Å². The van der Waals surface area contributed by atoms with Crippen molar-refractivity contribution in [1.82, 2.24) is 5.32 Å². The third-order valence-electron chi connectivity index (χ3n) is 1.73. The molecule has 0 bridgehead atoms. The quantitative estimate of drug-likeness (QED) is 0.419. The highest BCUT2D eigenvalue weighted by Crippen LogP contribution is 2.14. The molecule has 1 rings (SSSR count). The fraction of sp³-hybridized carbons (Fsp3) is 0.714. The molecule has 1 heterocycles. The summed E-state index contributed by atoms with van der Waals surface area (Å²) in [7, 11) is 1.52. The minimum Gasteiger partial charge on any atom is -0.465 e. The van der Waals surface area contributed by atoms with E-state index in [1.807, 2.05) is 0 Å². The lowest BCUT2D eigenvalue weighted by Gasteiger charge is -2.18. The van der Waals surface area contributed by atoms with Crippen LogP contribution in [0.25, 0.3) is 0 Å². The van der Waals surface area contributed by atoms with Gasteiger partial charge in [0, 0.05) is 7.05 Å². The van der Waals surface area contributed by atoms with Gasteiger partial charge in [-0.15, -0.1) is 0 Å². The van der Waals surface area contributed by atoms with Crippen molar-refractivity contribution in [3.8, 4) is 0 Å². The highest BCUT2D eigenvalue weighted by molar-refractivity contribution is 5.97.